The van der Waals surface area contributed by atoms with E-state index < -0.39 is 9.84 Å². The molecule has 4 rings (SSSR count). The molecule has 2 aromatic carbocycles. The van der Waals surface area contributed by atoms with Crippen molar-refractivity contribution in [2.24, 2.45) is 0 Å². The lowest BCUT2D eigenvalue weighted by Gasteiger charge is -2.29. The quantitative estimate of drug-likeness (QED) is 0.601. The maximum Gasteiger partial charge on any atom is 0.223 e. The number of carbonyl (C=O) groups excluding carboxylic acids is 1. The summed E-state index contributed by atoms with van der Waals surface area (Å²) >= 11 is 0. The highest BCUT2D eigenvalue weighted by Crippen LogP contribution is 2.29. The van der Waals surface area contributed by atoms with E-state index in [0.717, 1.165) is 23.2 Å². The second-order valence-corrected chi connectivity index (χ2v) is 10.2. The number of benzene rings is 2. The molecular formula is C24H26N2O4S. The van der Waals surface area contributed by atoms with Crippen molar-refractivity contribution in [3.63, 3.8) is 0 Å². The number of hydrogen-bond acceptors (Lipinski definition) is 5. The molecule has 1 amide bonds. The molecule has 0 spiro atoms. The van der Waals surface area contributed by atoms with Gasteiger partial charge < -0.3 is 9.42 Å². The van der Waals surface area contributed by atoms with Gasteiger partial charge in [-0.1, -0.05) is 41.6 Å². The van der Waals surface area contributed by atoms with Crippen LogP contribution in [0.25, 0.3) is 11.3 Å². The molecule has 0 saturated heterocycles. The fourth-order valence-electron chi connectivity index (χ4n) is 3.96. The van der Waals surface area contributed by atoms with Crippen molar-refractivity contribution >= 4 is 15.7 Å². The smallest absolute Gasteiger partial charge is 0.223 e. The molecule has 0 saturated carbocycles. The van der Waals surface area contributed by atoms with Crippen LogP contribution >= 0.6 is 0 Å². The number of amides is 1. The van der Waals surface area contributed by atoms with Crippen molar-refractivity contribution in [1.29, 1.82) is 0 Å². The van der Waals surface area contributed by atoms with E-state index in [1.807, 2.05) is 38.1 Å². The standard InChI is InChI=1S/C24H26N2O4S/c1-16-8-9-20(24-17(2)18(3)25-30-24)14-22(16)31(28,29)13-11-23(27)26-12-10-19-6-4-5-7-21(19)15-26/h4-9,14H,10-13,15H2,1-3H3. The van der Waals surface area contributed by atoms with E-state index in [2.05, 4.69) is 11.2 Å². The topological polar surface area (TPSA) is 80.5 Å². The molecule has 162 valence electrons. The normalized spacial score (nSPS) is 13.8. The number of aryl methyl sites for hydroxylation is 2. The zero-order valence-corrected chi connectivity index (χ0v) is 18.8. The monoisotopic (exact) mass is 438 g/mol. The van der Waals surface area contributed by atoms with E-state index in [1.54, 1.807) is 24.0 Å². The van der Waals surface area contributed by atoms with E-state index >= 15 is 0 Å². The summed E-state index contributed by atoms with van der Waals surface area (Å²) in [6, 6.07) is 13.3. The Kier molecular flexibility index (Phi) is 5.71. The zero-order chi connectivity index (χ0) is 22.2. The van der Waals surface area contributed by atoms with Crippen LogP contribution in [-0.2, 0) is 27.6 Å². The SMILES string of the molecule is Cc1ccc(-c2onc(C)c2C)cc1S(=O)(=O)CCC(=O)N1CCc2ccccc2C1. The third kappa shape index (κ3) is 4.28. The summed E-state index contributed by atoms with van der Waals surface area (Å²) in [5.74, 6) is 0.216. The highest BCUT2D eigenvalue weighted by molar-refractivity contribution is 7.91. The summed E-state index contributed by atoms with van der Waals surface area (Å²) in [6.45, 7) is 6.66. The Morgan fingerprint density at radius 2 is 1.84 bits per heavy atom. The molecule has 0 bridgehead atoms. The summed E-state index contributed by atoms with van der Waals surface area (Å²) in [5.41, 5.74) is 5.36. The molecule has 0 unspecified atom stereocenters. The molecule has 0 fully saturated rings. The van der Waals surface area contributed by atoms with Crippen LogP contribution in [0.3, 0.4) is 0 Å². The number of sulfone groups is 1. The fraction of sp³-hybridized carbons (Fsp3) is 0.333. The first-order chi connectivity index (χ1) is 14.8. The number of carbonyl (C=O) groups is 1. The molecular weight excluding hydrogens is 412 g/mol. The minimum atomic E-state index is -3.63. The molecule has 3 aromatic rings. The summed E-state index contributed by atoms with van der Waals surface area (Å²) in [7, 11) is -3.63. The molecule has 7 heteroatoms. The maximum absolute atomic E-state index is 13.1. The third-order valence-electron chi connectivity index (χ3n) is 6.01. The van der Waals surface area contributed by atoms with Gasteiger partial charge in [-0.25, -0.2) is 8.42 Å². The molecule has 2 heterocycles. The van der Waals surface area contributed by atoms with E-state index in [0.29, 0.717) is 30.0 Å². The second-order valence-electron chi connectivity index (χ2n) is 8.11. The number of fused-ring (bicyclic) bond motifs is 1. The van der Waals surface area contributed by atoms with E-state index in [-0.39, 0.29) is 23.0 Å². The van der Waals surface area contributed by atoms with Crippen LogP contribution in [0.15, 0.2) is 51.9 Å². The van der Waals surface area contributed by atoms with Crippen LogP contribution in [0.2, 0.25) is 0 Å². The predicted molar refractivity (Wildman–Crippen MR) is 118 cm³/mol. The largest absolute Gasteiger partial charge is 0.356 e. The van der Waals surface area contributed by atoms with E-state index in [1.165, 1.54) is 5.56 Å². The Bertz CT molecular complexity index is 1240. The molecule has 1 aromatic heterocycles. The first-order valence-electron chi connectivity index (χ1n) is 10.4. The van der Waals surface area contributed by atoms with Crippen LogP contribution in [-0.4, -0.2) is 36.7 Å². The molecule has 0 aliphatic carbocycles. The summed E-state index contributed by atoms with van der Waals surface area (Å²) in [4.78, 5) is 14.7. The van der Waals surface area contributed by atoms with Crippen molar-refractivity contribution in [1.82, 2.24) is 10.1 Å². The average molecular weight is 439 g/mol. The Morgan fingerprint density at radius 1 is 1.10 bits per heavy atom. The first-order valence-corrected chi connectivity index (χ1v) is 12.0. The van der Waals surface area contributed by atoms with Crippen molar-refractivity contribution in [2.45, 2.75) is 45.1 Å². The summed E-state index contributed by atoms with van der Waals surface area (Å²) in [5, 5.41) is 3.96. The molecule has 0 atom stereocenters. The number of nitrogens with zero attached hydrogens (tertiary/aromatic N) is 2. The third-order valence-corrected chi connectivity index (χ3v) is 7.86. The van der Waals surface area contributed by atoms with Crippen LogP contribution in [0.5, 0.6) is 0 Å². The minimum absolute atomic E-state index is 0.0331. The van der Waals surface area contributed by atoms with Gasteiger partial charge in [0, 0.05) is 30.6 Å². The lowest BCUT2D eigenvalue weighted by Crippen LogP contribution is -2.36. The van der Waals surface area contributed by atoms with Gasteiger partial charge in [0.1, 0.15) is 0 Å². The van der Waals surface area contributed by atoms with Gasteiger partial charge in [-0.2, -0.15) is 0 Å². The second kappa shape index (κ2) is 8.30. The van der Waals surface area contributed by atoms with Gasteiger partial charge >= 0.3 is 0 Å². The lowest BCUT2D eigenvalue weighted by molar-refractivity contribution is -0.131. The first kappa shape index (κ1) is 21.3. The zero-order valence-electron chi connectivity index (χ0n) is 18.0. The molecule has 1 aliphatic rings. The predicted octanol–water partition coefficient (Wildman–Crippen LogP) is 4.02. The van der Waals surface area contributed by atoms with E-state index in [9.17, 15) is 13.2 Å². The van der Waals surface area contributed by atoms with Gasteiger partial charge in [0.15, 0.2) is 15.6 Å². The molecule has 0 N–H and O–H groups in total. The van der Waals surface area contributed by atoms with Crippen molar-refractivity contribution in [3.8, 4) is 11.3 Å². The Hall–Kier alpha value is -2.93. The number of rotatable bonds is 5. The average Bonchev–Trinajstić information content (AvgIpc) is 3.10. The Balaban J connectivity index is 1.50. The van der Waals surface area contributed by atoms with Gasteiger partial charge in [-0.3, -0.25) is 4.79 Å². The van der Waals surface area contributed by atoms with Crippen molar-refractivity contribution in [3.05, 3.63) is 70.4 Å². The lowest BCUT2D eigenvalue weighted by atomic mass is 10.00. The van der Waals surface area contributed by atoms with Crippen molar-refractivity contribution in [2.75, 3.05) is 12.3 Å². The van der Waals surface area contributed by atoms with Gasteiger partial charge in [0.05, 0.1) is 16.3 Å². The van der Waals surface area contributed by atoms with Gasteiger partial charge in [-0.15, -0.1) is 0 Å². The van der Waals surface area contributed by atoms with Crippen molar-refractivity contribution < 1.29 is 17.7 Å². The van der Waals surface area contributed by atoms with Gasteiger partial charge in [-0.05, 0) is 49.9 Å². The van der Waals surface area contributed by atoms with Crippen LogP contribution in [0, 0.1) is 20.8 Å². The Morgan fingerprint density at radius 3 is 2.55 bits per heavy atom. The minimum Gasteiger partial charge on any atom is -0.356 e. The van der Waals surface area contributed by atoms with Gasteiger partial charge in [0.2, 0.25) is 5.91 Å². The van der Waals surface area contributed by atoms with Crippen LogP contribution < -0.4 is 0 Å². The highest BCUT2D eigenvalue weighted by Gasteiger charge is 2.25. The number of aromatic nitrogens is 1. The number of hydrogen-bond donors (Lipinski definition) is 0. The Labute approximate surface area is 182 Å². The van der Waals surface area contributed by atoms with Gasteiger partial charge in [0.25, 0.3) is 0 Å². The van der Waals surface area contributed by atoms with E-state index in [4.69, 9.17) is 4.52 Å². The molecule has 1 aliphatic heterocycles. The van der Waals surface area contributed by atoms with Crippen LogP contribution in [0.4, 0.5) is 0 Å². The summed E-state index contributed by atoms with van der Waals surface area (Å²) in [6.07, 6.45) is 0.764. The fourth-order valence-corrected chi connectivity index (χ4v) is 5.49. The molecule has 0 radical (unpaired) electrons. The maximum atomic E-state index is 13.1. The molecule has 31 heavy (non-hydrogen) atoms. The van der Waals surface area contributed by atoms with Crippen LogP contribution in [0.1, 0.15) is 34.4 Å². The molecule has 6 nitrogen and oxygen atoms in total. The highest BCUT2D eigenvalue weighted by atomic mass is 32.2. The summed E-state index contributed by atoms with van der Waals surface area (Å²) < 4.78 is 31.6.